The molecule has 0 N–H and O–H groups in total. The van der Waals surface area contributed by atoms with E-state index in [4.69, 9.17) is 28.4 Å². The van der Waals surface area contributed by atoms with Crippen LogP contribution in [0.15, 0.2) is 0 Å². The van der Waals surface area contributed by atoms with Crippen molar-refractivity contribution in [2.75, 3.05) is 79.8 Å². The van der Waals surface area contributed by atoms with Crippen molar-refractivity contribution in [1.82, 2.24) is 0 Å². The summed E-state index contributed by atoms with van der Waals surface area (Å²) in [7, 11) is 1.35. The van der Waals surface area contributed by atoms with E-state index < -0.39 is 0 Å². The standard InChI is InChI=1S/C32H62O9/c1-3-4-5-6-7-8-9-10-11-12-13-14-15-16-17-18-32(34)41-30-29-40-28-27-39-26-25-38-24-23-37-22-21-36-20-19-31(33)35-2/h3-30H2,1-2H3. The summed E-state index contributed by atoms with van der Waals surface area (Å²) in [6, 6.07) is 0. The molecule has 0 atom stereocenters. The smallest absolute Gasteiger partial charge is 0.307 e. The molecule has 0 amide bonds. The van der Waals surface area contributed by atoms with Crippen molar-refractivity contribution in [3.05, 3.63) is 0 Å². The van der Waals surface area contributed by atoms with Crippen molar-refractivity contribution < 1.29 is 42.7 Å². The van der Waals surface area contributed by atoms with Crippen LogP contribution in [0.3, 0.4) is 0 Å². The van der Waals surface area contributed by atoms with E-state index in [0.717, 1.165) is 12.8 Å². The minimum atomic E-state index is -0.283. The first-order valence-corrected chi connectivity index (χ1v) is 16.3. The molecule has 0 unspecified atom stereocenters. The highest BCUT2D eigenvalue weighted by Crippen LogP contribution is 2.13. The third-order valence-corrected chi connectivity index (χ3v) is 6.64. The molecule has 0 aromatic carbocycles. The number of hydrogen-bond donors (Lipinski definition) is 0. The Bertz CT molecular complexity index is 545. The van der Waals surface area contributed by atoms with E-state index in [9.17, 15) is 9.59 Å². The van der Waals surface area contributed by atoms with Gasteiger partial charge in [0.25, 0.3) is 0 Å². The summed E-state index contributed by atoms with van der Waals surface area (Å²) < 4.78 is 36.7. The number of unbranched alkanes of at least 4 members (excludes halogenated alkanes) is 14. The van der Waals surface area contributed by atoms with Gasteiger partial charge in [0.05, 0.1) is 79.6 Å². The van der Waals surface area contributed by atoms with Crippen molar-refractivity contribution in [2.45, 2.75) is 116 Å². The molecule has 0 aliphatic carbocycles. The largest absolute Gasteiger partial charge is 0.469 e. The van der Waals surface area contributed by atoms with E-state index in [-0.39, 0.29) is 25.0 Å². The van der Waals surface area contributed by atoms with E-state index in [0.29, 0.717) is 72.5 Å². The Morgan fingerprint density at radius 1 is 0.390 bits per heavy atom. The molecule has 9 heteroatoms. The number of carbonyl (C=O) groups excluding carboxylic acids is 2. The van der Waals surface area contributed by atoms with Crippen molar-refractivity contribution in [1.29, 1.82) is 0 Å². The molecule has 41 heavy (non-hydrogen) atoms. The SMILES string of the molecule is CCCCCCCCCCCCCCCCCC(=O)OCCOCCOCCOCCOCCOCCC(=O)OC. The first-order chi connectivity index (χ1) is 20.2. The lowest BCUT2D eigenvalue weighted by Crippen LogP contribution is -2.15. The number of methoxy groups -OCH3 is 1. The maximum absolute atomic E-state index is 11.8. The molecule has 0 aromatic heterocycles. The highest BCUT2D eigenvalue weighted by Gasteiger charge is 2.03. The Kier molecular flexibility index (Phi) is 33.9. The Morgan fingerprint density at radius 3 is 1.12 bits per heavy atom. The summed E-state index contributed by atoms with van der Waals surface area (Å²) in [4.78, 5) is 22.7. The van der Waals surface area contributed by atoms with Crippen LogP contribution in [0.25, 0.3) is 0 Å². The van der Waals surface area contributed by atoms with Crippen molar-refractivity contribution >= 4 is 11.9 Å². The van der Waals surface area contributed by atoms with E-state index in [1.165, 1.54) is 90.6 Å². The average Bonchev–Trinajstić information content (AvgIpc) is 2.98. The molecule has 0 saturated carbocycles. The van der Waals surface area contributed by atoms with Crippen molar-refractivity contribution in [2.24, 2.45) is 0 Å². The summed E-state index contributed by atoms with van der Waals surface area (Å²) in [6.45, 7) is 6.99. The Balaban J connectivity index is 3.16. The molecular formula is C32H62O9. The second-order valence-corrected chi connectivity index (χ2v) is 10.3. The lowest BCUT2D eigenvalue weighted by Gasteiger charge is -2.08. The minimum Gasteiger partial charge on any atom is -0.469 e. The zero-order valence-corrected chi connectivity index (χ0v) is 26.5. The molecule has 9 nitrogen and oxygen atoms in total. The molecule has 244 valence electrons. The summed E-state index contributed by atoms with van der Waals surface area (Å²) in [5.41, 5.74) is 0. The van der Waals surface area contributed by atoms with Crippen LogP contribution in [-0.4, -0.2) is 91.7 Å². The van der Waals surface area contributed by atoms with Crippen LogP contribution < -0.4 is 0 Å². The van der Waals surface area contributed by atoms with Gasteiger partial charge in [-0.25, -0.2) is 0 Å². The monoisotopic (exact) mass is 590 g/mol. The van der Waals surface area contributed by atoms with Crippen LogP contribution >= 0.6 is 0 Å². The Hall–Kier alpha value is -1.26. The zero-order chi connectivity index (χ0) is 29.9. The number of carbonyl (C=O) groups is 2. The van der Waals surface area contributed by atoms with Gasteiger partial charge in [-0.15, -0.1) is 0 Å². The highest BCUT2D eigenvalue weighted by atomic mass is 16.6. The lowest BCUT2D eigenvalue weighted by molar-refractivity contribution is -0.145. The molecule has 0 radical (unpaired) electrons. The van der Waals surface area contributed by atoms with Gasteiger partial charge in [-0.3, -0.25) is 9.59 Å². The van der Waals surface area contributed by atoms with Crippen LogP contribution in [0.2, 0.25) is 0 Å². The fourth-order valence-electron chi connectivity index (χ4n) is 4.17. The van der Waals surface area contributed by atoms with Crippen LogP contribution in [0.5, 0.6) is 0 Å². The number of ether oxygens (including phenoxy) is 7. The Labute approximate surface area is 250 Å². The van der Waals surface area contributed by atoms with Crippen LogP contribution in [0.1, 0.15) is 116 Å². The second kappa shape index (κ2) is 34.9. The van der Waals surface area contributed by atoms with E-state index in [1.54, 1.807) is 0 Å². The summed E-state index contributed by atoms with van der Waals surface area (Å²) in [6.07, 6.45) is 20.5. The summed E-state index contributed by atoms with van der Waals surface area (Å²) in [5, 5.41) is 0. The number of rotatable bonds is 34. The Morgan fingerprint density at radius 2 is 0.732 bits per heavy atom. The molecule has 0 fully saturated rings. The normalized spacial score (nSPS) is 11.2. The predicted molar refractivity (Wildman–Crippen MR) is 161 cm³/mol. The molecule has 0 saturated heterocycles. The van der Waals surface area contributed by atoms with Gasteiger partial charge in [-0.1, -0.05) is 96.8 Å². The second-order valence-electron chi connectivity index (χ2n) is 10.3. The minimum absolute atomic E-state index is 0.133. The molecule has 0 rings (SSSR count). The fraction of sp³-hybridized carbons (Fsp3) is 0.938. The lowest BCUT2D eigenvalue weighted by atomic mass is 10.0. The maximum atomic E-state index is 11.8. The molecule has 0 aliphatic heterocycles. The first kappa shape index (κ1) is 39.7. The quantitative estimate of drug-likeness (QED) is 0.0619. The summed E-state index contributed by atoms with van der Waals surface area (Å²) in [5.74, 6) is -0.415. The maximum Gasteiger partial charge on any atom is 0.307 e. The van der Waals surface area contributed by atoms with Gasteiger partial charge in [0, 0.05) is 6.42 Å². The van der Waals surface area contributed by atoms with Crippen molar-refractivity contribution in [3.63, 3.8) is 0 Å². The molecule has 0 aromatic rings. The van der Waals surface area contributed by atoms with Gasteiger partial charge in [-0.2, -0.15) is 0 Å². The first-order valence-electron chi connectivity index (χ1n) is 16.3. The van der Waals surface area contributed by atoms with Crippen molar-refractivity contribution in [3.8, 4) is 0 Å². The van der Waals surface area contributed by atoms with E-state index in [2.05, 4.69) is 11.7 Å². The number of esters is 2. The van der Waals surface area contributed by atoms with Gasteiger partial charge in [-0.05, 0) is 6.42 Å². The zero-order valence-electron chi connectivity index (χ0n) is 26.5. The molecule has 0 bridgehead atoms. The third kappa shape index (κ3) is 34.8. The number of hydrogen-bond acceptors (Lipinski definition) is 9. The van der Waals surface area contributed by atoms with Gasteiger partial charge in [0.1, 0.15) is 6.61 Å². The average molecular weight is 591 g/mol. The molecule has 0 heterocycles. The third-order valence-electron chi connectivity index (χ3n) is 6.64. The fourth-order valence-corrected chi connectivity index (χ4v) is 4.17. The van der Waals surface area contributed by atoms with Gasteiger partial charge in [0.2, 0.25) is 0 Å². The van der Waals surface area contributed by atoms with Gasteiger partial charge < -0.3 is 33.2 Å². The predicted octanol–water partition coefficient (Wildman–Crippen LogP) is 6.44. The molecule has 0 aliphatic rings. The molecular weight excluding hydrogens is 528 g/mol. The topological polar surface area (TPSA) is 98.8 Å². The van der Waals surface area contributed by atoms with Crippen LogP contribution in [0.4, 0.5) is 0 Å². The highest BCUT2D eigenvalue weighted by molar-refractivity contribution is 5.69. The van der Waals surface area contributed by atoms with Crippen LogP contribution in [-0.2, 0) is 42.7 Å². The van der Waals surface area contributed by atoms with Crippen LogP contribution in [0, 0.1) is 0 Å². The summed E-state index contributed by atoms with van der Waals surface area (Å²) >= 11 is 0. The molecule has 0 spiro atoms. The van der Waals surface area contributed by atoms with Gasteiger partial charge >= 0.3 is 11.9 Å². The van der Waals surface area contributed by atoms with E-state index >= 15 is 0 Å². The van der Waals surface area contributed by atoms with E-state index in [1.807, 2.05) is 0 Å². The van der Waals surface area contributed by atoms with Gasteiger partial charge in [0.15, 0.2) is 0 Å².